The molecule has 0 aromatic rings. The van der Waals surface area contributed by atoms with E-state index in [0.717, 1.165) is 19.5 Å². The quantitative estimate of drug-likeness (QED) is 0.651. The van der Waals surface area contributed by atoms with Gasteiger partial charge in [-0.15, -0.1) is 0 Å². The summed E-state index contributed by atoms with van der Waals surface area (Å²) in [7, 11) is 1.38. The second kappa shape index (κ2) is 4.91. The molecular formula is C11H19N3O3. The van der Waals surface area contributed by atoms with Crippen molar-refractivity contribution in [3.05, 3.63) is 0 Å². The summed E-state index contributed by atoms with van der Waals surface area (Å²) >= 11 is 0. The maximum absolute atomic E-state index is 12.1. The Morgan fingerprint density at radius 3 is 2.65 bits per heavy atom. The SMILES string of the molecule is COC(=O)C1(N2CCCNC2=O)CCNCC1. The average molecular weight is 241 g/mol. The topological polar surface area (TPSA) is 70.7 Å². The van der Waals surface area contributed by atoms with E-state index in [2.05, 4.69) is 10.6 Å². The molecule has 0 radical (unpaired) electrons. The van der Waals surface area contributed by atoms with Gasteiger partial charge in [-0.3, -0.25) is 0 Å². The molecular weight excluding hydrogens is 222 g/mol. The van der Waals surface area contributed by atoms with E-state index in [4.69, 9.17) is 4.74 Å². The Balaban J connectivity index is 2.24. The largest absolute Gasteiger partial charge is 0.467 e. The van der Waals surface area contributed by atoms with Crippen molar-refractivity contribution < 1.29 is 14.3 Å². The summed E-state index contributed by atoms with van der Waals surface area (Å²) in [6.45, 7) is 2.78. The maximum atomic E-state index is 12.1. The van der Waals surface area contributed by atoms with Gasteiger partial charge < -0.3 is 20.3 Å². The van der Waals surface area contributed by atoms with Crippen molar-refractivity contribution in [1.29, 1.82) is 0 Å². The molecule has 0 aliphatic carbocycles. The van der Waals surface area contributed by atoms with E-state index in [1.807, 2.05) is 0 Å². The highest BCUT2D eigenvalue weighted by atomic mass is 16.5. The molecule has 2 fully saturated rings. The van der Waals surface area contributed by atoms with Gasteiger partial charge in [0.15, 0.2) is 0 Å². The predicted molar refractivity (Wildman–Crippen MR) is 61.6 cm³/mol. The summed E-state index contributed by atoms with van der Waals surface area (Å²) in [5, 5.41) is 6.00. The van der Waals surface area contributed by atoms with Crippen LogP contribution in [0.5, 0.6) is 0 Å². The van der Waals surface area contributed by atoms with Crippen molar-refractivity contribution in [1.82, 2.24) is 15.5 Å². The third-order valence-electron chi connectivity index (χ3n) is 3.59. The van der Waals surface area contributed by atoms with Crippen LogP contribution in [0.25, 0.3) is 0 Å². The van der Waals surface area contributed by atoms with Gasteiger partial charge in [0.1, 0.15) is 5.54 Å². The highest BCUT2D eigenvalue weighted by Crippen LogP contribution is 2.29. The minimum absolute atomic E-state index is 0.149. The van der Waals surface area contributed by atoms with E-state index in [1.165, 1.54) is 7.11 Å². The summed E-state index contributed by atoms with van der Waals surface area (Å²) < 4.78 is 4.91. The Hall–Kier alpha value is -1.30. The molecule has 0 saturated carbocycles. The number of rotatable bonds is 2. The predicted octanol–water partition coefficient (Wildman–Crippen LogP) is -0.303. The lowest BCUT2D eigenvalue weighted by atomic mass is 9.86. The molecule has 0 unspecified atom stereocenters. The highest BCUT2D eigenvalue weighted by molar-refractivity contribution is 5.88. The maximum Gasteiger partial charge on any atom is 0.331 e. The minimum Gasteiger partial charge on any atom is -0.467 e. The van der Waals surface area contributed by atoms with Crippen LogP contribution in [0.1, 0.15) is 19.3 Å². The molecule has 2 heterocycles. The molecule has 17 heavy (non-hydrogen) atoms. The standard InChI is InChI=1S/C11H19N3O3/c1-17-9(15)11(3-6-12-7-4-11)14-8-2-5-13-10(14)16/h12H,2-8H2,1H3,(H,13,16). The van der Waals surface area contributed by atoms with Gasteiger partial charge in [-0.1, -0.05) is 0 Å². The molecule has 0 bridgehead atoms. The molecule has 2 amide bonds. The van der Waals surface area contributed by atoms with Crippen LogP contribution in [0.15, 0.2) is 0 Å². The second-order valence-electron chi connectivity index (χ2n) is 4.51. The van der Waals surface area contributed by atoms with Crippen molar-refractivity contribution in [3.8, 4) is 0 Å². The van der Waals surface area contributed by atoms with Gasteiger partial charge in [0.2, 0.25) is 0 Å². The van der Waals surface area contributed by atoms with E-state index >= 15 is 0 Å². The smallest absolute Gasteiger partial charge is 0.331 e. The van der Waals surface area contributed by atoms with Crippen LogP contribution in [0, 0.1) is 0 Å². The van der Waals surface area contributed by atoms with E-state index in [9.17, 15) is 9.59 Å². The molecule has 0 aromatic carbocycles. The van der Waals surface area contributed by atoms with Crippen molar-refractivity contribution in [2.75, 3.05) is 33.3 Å². The molecule has 6 nitrogen and oxygen atoms in total. The number of methoxy groups -OCH3 is 1. The zero-order chi connectivity index (χ0) is 12.3. The number of nitrogens with zero attached hydrogens (tertiary/aromatic N) is 1. The third-order valence-corrected chi connectivity index (χ3v) is 3.59. The van der Waals surface area contributed by atoms with Gasteiger partial charge in [0.25, 0.3) is 0 Å². The van der Waals surface area contributed by atoms with E-state index in [0.29, 0.717) is 25.9 Å². The Labute approximate surface area is 101 Å². The number of amides is 2. The van der Waals surface area contributed by atoms with Gasteiger partial charge in [-0.05, 0) is 32.4 Å². The number of carbonyl (C=O) groups is 2. The molecule has 2 aliphatic rings. The molecule has 6 heteroatoms. The Morgan fingerprint density at radius 1 is 1.35 bits per heavy atom. The van der Waals surface area contributed by atoms with Gasteiger partial charge in [0.05, 0.1) is 7.11 Å². The molecule has 0 spiro atoms. The molecule has 96 valence electrons. The zero-order valence-corrected chi connectivity index (χ0v) is 10.1. The fourth-order valence-electron chi connectivity index (χ4n) is 2.65. The number of piperidine rings is 1. The number of nitrogens with one attached hydrogen (secondary N) is 2. The monoisotopic (exact) mass is 241 g/mol. The summed E-state index contributed by atoms with van der Waals surface area (Å²) in [5.74, 6) is -0.295. The van der Waals surface area contributed by atoms with E-state index in [1.54, 1.807) is 4.90 Å². The van der Waals surface area contributed by atoms with Crippen LogP contribution in [0.3, 0.4) is 0 Å². The molecule has 2 N–H and O–H groups in total. The Bertz CT molecular complexity index is 313. The second-order valence-corrected chi connectivity index (χ2v) is 4.51. The lowest BCUT2D eigenvalue weighted by Gasteiger charge is -2.45. The molecule has 2 aliphatic heterocycles. The van der Waals surface area contributed by atoms with Crippen molar-refractivity contribution in [2.45, 2.75) is 24.8 Å². The van der Waals surface area contributed by atoms with Crippen LogP contribution < -0.4 is 10.6 Å². The fourth-order valence-corrected chi connectivity index (χ4v) is 2.65. The fraction of sp³-hybridized carbons (Fsp3) is 0.818. The van der Waals surface area contributed by atoms with Crippen LogP contribution in [-0.2, 0) is 9.53 Å². The van der Waals surface area contributed by atoms with E-state index < -0.39 is 5.54 Å². The summed E-state index contributed by atoms with van der Waals surface area (Å²) in [5.41, 5.74) is -0.773. The highest BCUT2D eigenvalue weighted by Gasteiger charge is 2.48. The zero-order valence-electron chi connectivity index (χ0n) is 10.1. The van der Waals surface area contributed by atoms with Crippen molar-refractivity contribution in [2.24, 2.45) is 0 Å². The van der Waals surface area contributed by atoms with Crippen molar-refractivity contribution in [3.63, 3.8) is 0 Å². The summed E-state index contributed by atoms with van der Waals surface area (Å²) in [4.78, 5) is 25.6. The first kappa shape index (κ1) is 12.2. The number of hydrogen-bond acceptors (Lipinski definition) is 4. The van der Waals surface area contributed by atoms with Gasteiger partial charge >= 0.3 is 12.0 Å². The third kappa shape index (κ3) is 2.09. The van der Waals surface area contributed by atoms with Gasteiger partial charge in [-0.2, -0.15) is 0 Å². The Morgan fingerprint density at radius 2 is 2.06 bits per heavy atom. The van der Waals surface area contributed by atoms with E-state index in [-0.39, 0.29) is 12.0 Å². The molecule has 0 atom stereocenters. The first-order valence-electron chi connectivity index (χ1n) is 6.05. The number of hydrogen-bond donors (Lipinski definition) is 2. The van der Waals surface area contributed by atoms with Gasteiger partial charge in [-0.25, -0.2) is 9.59 Å². The molecule has 2 saturated heterocycles. The van der Waals surface area contributed by atoms with Crippen LogP contribution in [0.2, 0.25) is 0 Å². The van der Waals surface area contributed by atoms with Crippen molar-refractivity contribution >= 4 is 12.0 Å². The summed E-state index contributed by atoms with van der Waals surface area (Å²) in [6.07, 6.45) is 2.11. The normalized spacial score (nSPS) is 24.1. The lowest BCUT2D eigenvalue weighted by Crippen LogP contribution is -2.65. The first-order chi connectivity index (χ1) is 8.20. The van der Waals surface area contributed by atoms with Crippen LogP contribution in [0.4, 0.5) is 4.79 Å². The Kier molecular flexibility index (Phi) is 3.51. The number of urea groups is 1. The first-order valence-corrected chi connectivity index (χ1v) is 6.05. The van der Waals surface area contributed by atoms with Crippen LogP contribution in [-0.4, -0.2) is 55.7 Å². The number of esters is 1. The molecule has 0 aromatic heterocycles. The molecule has 2 rings (SSSR count). The minimum atomic E-state index is -0.773. The summed E-state index contributed by atoms with van der Waals surface area (Å²) in [6, 6.07) is -0.149. The average Bonchev–Trinajstić information content (AvgIpc) is 2.39. The number of ether oxygens (including phenoxy) is 1. The van der Waals surface area contributed by atoms with Crippen LogP contribution >= 0.6 is 0 Å². The lowest BCUT2D eigenvalue weighted by molar-refractivity contribution is -0.155. The van der Waals surface area contributed by atoms with Gasteiger partial charge in [0, 0.05) is 13.1 Å². The number of carbonyl (C=O) groups excluding carboxylic acids is 2.